The molecule has 20 heavy (non-hydrogen) atoms. The number of hydrogen-bond acceptors (Lipinski definition) is 2. The molecule has 1 aromatic rings. The summed E-state index contributed by atoms with van der Waals surface area (Å²) in [4.78, 5) is 2.58. The van der Waals surface area contributed by atoms with Crippen LogP contribution in [-0.2, 0) is 0 Å². The highest BCUT2D eigenvalue weighted by Gasteiger charge is 2.32. The van der Waals surface area contributed by atoms with Crippen molar-refractivity contribution in [3.63, 3.8) is 0 Å². The van der Waals surface area contributed by atoms with Crippen LogP contribution in [0.5, 0.6) is 0 Å². The monoisotopic (exact) mass is 314 g/mol. The van der Waals surface area contributed by atoms with E-state index in [1.54, 1.807) is 0 Å². The molecule has 1 fully saturated rings. The minimum Gasteiger partial charge on any atom is -0.319 e. The van der Waals surface area contributed by atoms with Crippen LogP contribution in [0, 0.1) is 5.92 Å². The highest BCUT2D eigenvalue weighted by Crippen LogP contribution is 2.39. The molecule has 0 aliphatic carbocycles. The van der Waals surface area contributed by atoms with Crippen LogP contribution in [0.4, 0.5) is 0 Å². The first-order chi connectivity index (χ1) is 9.67. The molecule has 0 bridgehead atoms. The summed E-state index contributed by atoms with van der Waals surface area (Å²) < 4.78 is 0. The number of rotatable bonds is 5. The Kier molecular flexibility index (Phi) is 6.16. The fraction of sp³-hybridized carbons (Fsp3) is 0.625. The van der Waals surface area contributed by atoms with Crippen LogP contribution in [0.15, 0.2) is 18.2 Å². The smallest absolute Gasteiger partial charge is 0.0468 e. The van der Waals surface area contributed by atoms with E-state index in [2.05, 4.69) is 23.2 Å². The molecule has 0 amide bonds. The number of hydrogen-bond donors (Lipinski definition) is 1. The highest BCUT2D eigenvalue weighted by molar-refractivity contribution is 6.35. The maximum Gasteiger partial charge on any atom is 0.0468 e. The second-order valence-electron chi connectivity index (χ2n) is 5.61. The van der Waals surface area contributed by atoms with Gasteiger partial charge < -0.3 is 5.32 Å². The van der Waals surface area contributed by atoms with Crippen LogP contribution >= 0.6 is 23.2 Å². The standard InChI is InChI=1S/C16H24Cl2N2/c1-3-8-20-9-4-5-12(11-19-2)16(20)14-7-6-13(17)10-15(14)18/h6-7,10,12,16,19H,3-5,8-9,11H2,1-2H3. The van der Waals surface area contributed by atoms with Crippen LogP contribution < -0.4 is 5.32 Å². The molecule has 1 N–H and O–H groups in total. The van der Waals surface area contributed by atoms with Gasteiger partial charge in [-0.25, -0.2) is 0 Å². The Labute approximate surface area is 132 Å². The summed E-state index contributed by atoms with van der Waals surface area (Å²) >= 11 is 12.5. The van der Waals surface area contributed by atoms with E-state index in [9.17, 15) is 0 Å². The Bertz CT molecular complexity index is 418. The molecular weight excluding hydrogens is 291 g/mol. The Balaban J connectivity index is 2.32. The number of nitrogens with one attached hydrogen (secondary N) is 1. The van der Waals surface area contributed by atoms with Gasteiger partial charge in [-0.15, -0.1) is 0 Å². The van der Waals surface area contributed by atoms with Crippen LogP contribution in [0.3, 0.4) is 0 Å². The molecule has 2 atom stereocenters. The second kappa shape index (κ2) is 7.65. The molecule has 0 radical (unpaired) electrons. The van der Waals surface area contributed by atoms with Crippen molar-refractivity contribution >= 4 is 23.2 Å². The van der Waals surface area contributed by atoms with E-state index in [0.717, 1.165) is 24.7 Å². The zero-order valence-electron chi connectivity index (χ0n) is 12.3. The van der Waals surface area contributed by atoms with Crippen LogP contribution in [0.25, 0.3) is 0 Å². The first kappa shape index (κ1) is 16.1. The van der Waals surface area contributed by atoms with Gasteiger partial charge in [0.25, 0.3) is 0 Å². The minimum atomic E-state index is 0.404. The average Bonchev–Trinajstić information content (AvgIpc) is 2.41. The SMILES string of the molecule is CCCN1CCCC(CNC)C1c1ccc(Cl)cc1Cl. The first-order valence-electron chi connectivity index (χ1n) is 7.51. The lowest BCUT2D eigenvalue weighted by Crippen LogP contribution is -2.42. The van der Waals surface area contributed by atoms with Gasteiger partial charge in [0.15, 0.2) is 0 Å². The van der Waals surface area contributed by atoms with Gasteiger partial charge in [-0.05, 0) is 69.6 Å². The molecule has 1 heterocycles. The lowest BCUT2D eigenvalue weighted by molar-refractivity contribution is 0.0925. The molecular formula is C16H24Cl2N2. The average molecular weight is 315 g/mol. The summed E-state index contributed by atoms with van der Waals surface area (Å²) in [6.45, 7) is 5.56. The third-order valence-corrected chi connectivity index (χ3v) is 4.68. The predicted molar refractivity (Wildman–Crippen MR) is 87.7 cm³/mol. The fourth-order valence-corrected chi connectivity index (χ4v) is 3.88. The van der Waals surface area contributed by atoms with Crippen molar-refractivity contribution in [1.82, 2.24) is 10.2 Å². The van der Waals surface area contributed by atoms with Crippen molar-refractivity contribution in [1.29, 1.82) is 0 Å². The molecule has 1 aromatic carbocycles. The van der Waals surface area contributed by atoms with E-state index in [-0.39, 0.29) is 0 Å². The molecule has 1 saturated heterocycles. The van der Waals surface area contributed by atoms with Gasteiger partial charge in [0.05, 0.1) is 0 Å². The summed E-state index contributed by atoms with van der Waals surface area (Å²) in [5, 5.41) is 4.84. The summed E-state index contributed by atoms with van der Waals surface area (Å²) in [6, 6.07) is 6.33. The van der Waals surface area contributed by atoms with Crippen molar-refractivity contribution < 1.29 is 0 Å². The zero-order valence-corrected chi connectivity index (χ0v) is 13.8. The summed E-state index contributed by atoms with van der Waals surface area (Å²) in [5.74, 6) is 0.610. The molecule has 112 valence electrons. The van der Waals surface area contributed by atoms with Crippen LogP contribution in [0.2, 0.25) is 10.0 Å². The van der Waals surface area contributed by atoms with Gasteiger partial charge in [-0.3, -0.25) is 4.90 Å². The third-order valence-electron chi connectivity index (χ3n) is 4.12. The van der Waals surface area contributed by atoms with E-state index in [1.807, 2.05) is 19.2 Å². The zero-order chi connectivity index (χ0) is 14.5. The summed E-state index contributed by atoms with van der Waals surface area (Å²) in [5.41, 5.74) is 1.23. The van der Waals surface area contributed by atoms with Gasteiger partial charge in [0.1, 0.15) is 0 Å². The van der Waals surface area contributed by atoms with E-state index < -0.39 is 0 Å². The number of likely N-dealkylation sites (tertiary alicyclic amines) is 1. The molecule has 1 aliphatic rings. The second-order valence-corrected chi connectivity index (χ2v) is 6.45. The Morgan fingerprint density at radius 3 is 2.80 bits per heavy atom. The number of benzene rings is 1. The highest BCUT2D eigenvalue weighted by atomic mass is 35.5. The topological polar surface area (TPSA) is 15.3 Å². The van der Waals surface area contributed by atoms with Crippen molar-refractivity contribution in [2.45, 2.75) is 32.2 Å². The van der Waals surface area contributed by atoms with E-state index in [4.69, 9.17) is 23.2 Å². The molecule has 0 aromatic heterocycles. The first-order valence-corrected chi connectivity index (χ1v) is 8.26. The van der Waals surface area contributed by atoms with Gasteiger partial charge in [-0.1, -0.05) is 36.2 Å². The van der Waals surface area contributed by atoms with E-state index >= 15 is 0 Å². The third kappa shape index (κ3) is 3.67. The van der Waals surface area contributed by atoms with Crippen molar-refractivity contribution in [2.75, 3.05) is 26.7 Å². The largest absolute Gasteiger partial charge is 0.319 e. The minimum absolute atomic E-state index is 0.404. The lowest BCUT2D eigenvalue weighted by atomic mass is 9.84. The summed E-state index contributed by atoms with van der Waals surface area (Å²) in [7, 11) is 2.03. The Morgan fingerprint density at radius 2 is 2.15 bits per heavy atom. The van der Waals surface area contributed by atoms with Crippen molar-refractivity contribution in [2.24, 2.45) is 5.92 Å². The van der Waals surface area contributed by atoms with Gasteiger partial charge >= 0.3 is 0 Å². The Hall–Kier alpha value is -0.280. The molecule has 4 heteroatoms. The van der Waals surface area contributed by atoms with Gasteiger partial charge in [0.2, 0.25) is 0 Å². The van der Waals surface area contributed by atoms with Crippen molar-refractivity contribution in [3.8, 4) is 0 Å². The molecule has 0 saturated carbocycles. The van der Waals surface area contributed by atoms with Gasteiger partial charge in [-0.2, -0.15) is 0 Å². The maximum atomic E-state index is 6.46. The predicted octanol–water partition coefficient (Wildman–Crippen LogP) is 4.38. The molecule has 2 unspecified atom stereocenters. The molecule has 2 nitrogen and oxygen atoms in total. The van der Waals surface area contributed by atoms with Crippen LogP contribution in [0.1, 0.15) is 37.8 Å². The summed E-state index contributed by atoms with van der Waals surface area (Å²) in [6.07, 6.45) is 3.70. The maximum absolute atomic E-state index is 6.46. The van der Waals surface area contributed by atoms with Crippen molar-refractivity contribution in [3.05, 3.63) is 33.8 Å². The normalized spacial score (nSPS) is 24.0. The Morgan fingerprint density at radius 1 is 1.35 bits per heavy atom. The molecule has 0 spiro atoms. The quantitative estimate of drug-likeness (QED) is 0.867. The van der Waals surface area contributed by atoms with E-state index in [0.29, 0.717) is 17.0 Å². The number of halogens is 2. The van der Waals surface area contributed by atoms with E-state index in [1.165, 1.54) is 24.8 Å². The lowest BCUT2D eigenvalue weighted by Gasteiger charge is -2.42. The molecule has 2 rings (SSSR count). The van der Waals surface area contributed by atoms with Gasteiger partial charge in [0, 0.05) is 16.1 Å². The van der Waals surface area contributed by atoms with Crippen LogP contribution in [-0.4, -0.2) is 31.6 Å². The number of piperidine rings is 1. The fourth-order valence-electron chi connectivity index (χ4n) is 3.36. The molecule has 1 aliphatic heterocycles. The number of nitrogens with zero attached hydrogens (tertiary/aromatic N) is 1.